The molecule has 0 spiro atoms. The highest BCUT2D eigenvalue weighted by molar-refractivity contribution is 5.95. The molecule has 1 aromatic rings. The molecule has 18 heavy (non-hydrogen) atoms. The van der Waals surface area contributed by atoms with Crippen molar-refractivity contribution in [3.63, 3.8) is 0 Å². The van der Waals surface area contributed by atoms with Crippen LogP contribution in [-0.2, 0) is 0 Å². The fourth-order valence-corrected chi connectivity index (χ4v) is 1.62. The third kappa shape index (κ3) is 4.25. The fourth-order valence-electron chi connectivity index (χ4n) is 1.62. The summed E-state index contributed by atoms with van der Waals surface area (Å²) in [6, 6.07) is 4.82. The lowest BCUT2D eigenvalue weighted by Gasteiger charge is -2.11. The molecule has 0 radical (unpaired) electrons. The molecule has 100 valence electrons. The summed E-state index contributed by atoms with van der Waals surface area (Å²) in [5, 5.41) is 12.2. The molecule has 0 saturated carbocycles. The van der Waals surface area contributed by atoms with Gasteiger partial charge in [0.15, 0.2) is 0 Å². The first kappa shape index (κ1) is 14.3. The van der Waals surface area contributed by atoms with Gasteiger partial charge in [0.1, 0.15) is 5.75 Å². The largest absolute Gasteiger partial charge is 0.497 e. The van der Waals surface area contributed by atoms with E-state index in [1.54, 1.807) is 18.2 Å². The molecule has 0 bridgehead atoms. The molecule has 1 rings (SSSR count). The van der Waals surface area contributed by atoms with Crippen molar-refractivity contribution in [1.29, 1.82) is 0 Å². The van der Waals surface area contributed by atoms with Crippen molar-refractivity contribution in [2.24, 2.45) is 0 Å². The topological polar surface area (TPSA) is 84.6 Å². The molecule has 0 fully saturated rings. The molecule has 1 atom stereocenters. The van der Waals surface area contributed by atoms with E-state index in [9.17, 15) is 9.90 Å². The summed E-state index contributed by atoms with van der Waals surface area (Å²) in [6.07, 6.45) is 1.03. The summed E-state index contributed by atoms with van der Waals surface area (Å²) in [4.78, 5) is 11.8. The van der Waals surface area contributed by atoms with Gasteiger partial charge >= 0.3 is 0 Å². The van der Waals surface area contributed by atoms with Gasteiger partial charge in [-0.25, -0.2) is 0 Å². The van der Waals surface area contributed by atoms with Gasteiger partial charge in [-0.2, -0.15) is 0 Å². The maximum Gasteiger partial charge on any atom is 0.251 e. The van der Waals surface area contributed by atoms with E-state index < -0.39 is 6.10 Å². The molecule has 0 aliphatic heterocycles. The van der Waals surface area contributed by atoms with Crippen molar-refractivity contribution >= 4 is 11.6 Å². The number of ether oxygens (including phenoxy) is 1. The van der Waals surface area contributed by atoms with Crippen molar-refractivity contribution in [3.05, 3.63) is 23.8 Å². The van der Waals surface area contributed by atoms with Crippen LogP contribution in [0.2, 0.25) is 0 Å². The SMILES string of the molecule is CCCC(O)CNC(=O)c1cc(N)cc(OC)c1. The molecule has 0 aliphatic rings. The average Bonchev–Trinajstić information content (AvgIpc) is 2.35. The van der Waals surface area contributed by atoms with Crippen molar-refractivity contribution in [1.82, 2.24) is 5.32 Å². The van der Waals surface area contributed by atoms with E-state index in [0.717, 1.165) is 6.42 Å². The van der Waals surface area contributed by atoms with E-state index in [2.05, 4.69) is 5.32 Å². The van der Waals surface area contributed by atoms with Crippen molar-refractivity contribution in [2.45, 2.75) is 25.9 Å². The second-order valence-corrected chi connectivity index (χ2v) is 4.15. The van der Waals surface area contributed by atoms with Gasteiger partial charge in [-0.05, 0) is 18.6 Å². The van der Waals surface area contributed by atoms with Crippen LogP contribution in [0.5, 0.6) is 5.75 Å². The number of carbonyl (C=O) groups is 1. The number of nitrogens with one attached hydrogen (secondary N) is 1. The van der Waals surface area contributed by atoms with E-state index in [-0.39, 0.29) is 12.5 Å². The van der Waals surface area contributed by atoms with E-state index in [1.807, 2.05) is 6.92 Å². The number of nitrogen functional groups attached to an aromatic ring is 1. The minimum Gasteiger partial charge on any atom is -0.497 e. The summed E-state index contributed by atoms with van der Waals surface area (Å²) < 4.78 is 5.04. The second-order valence-electron chi connectivity index (χ2n) is 4.15. The van der Waals surface area contributed by atoms with Crippen LogP contribution in [0, 0.1) is 0 Å². The summed E-state index contributed by atoms with van der Waals surface area (Å²) in [7, 11) is 1.52. The molecule has 0 heterocycles. The molecule has 0 aliphatic carbocycles. The van der Waals surface area contributed by atoms with Gasteiger partial charge in [0.25, 0.3) is 5.91 Å². The quantitative estimate of drug-likeness (QED) is 0.663. The Labute approximate surface area is 107 Å². The maximum atomic E-state index is 11.8. The highest BCUT2D eigenvalue weighted by Crippen LogP contribution is 2.18. The molecular weight excluding hydrogens is 232 g/mol. The van der Waals surface area contributed by atoms with Crippen molar-refractivity contribution in [2.75, 3.05) is 19.4 Å². The van der Waals surface area contributed by atoms with Gasteiger partial charge in [-0.1, -0.05) is 13.3 Å². The number of nitrogens with two attached hydrogens (primary N) is 1. The van der Waals surface area contributed by atoms with Crippen molar-refractivity contribution in [3.8, 4) is 5.75 Å². The fraction of sp³-hybridized carbons (Fsp3) is 0.462. The molecule has 0 saturated heterocycles. The number of aliphatic hydroxyl groups excluding tert-OH is 1. The van der Waals surface area contributed by atoms with E-state index >= 15 is 0 Å². The Morgan fingerprint density at radius 2 is 2.22 bits per heavy atom. The number of methoxy groups -OCH3 is 1. The first-order valence-electron chi connectivity index (χ1n) is 5.97. The Hall–Kier alpha value is -1.75. The molecule has 1 unspecified atom stereocenters. The van der Waals surface area contributed by atoms with Gasteiger partial charge < -0.3 is 20.9 Å². The smallest absolute Gasteiger partial charge is 0.251 e. The predicted octanol–water partition coefficient (Wildman–Crippen LogP) is 1.17. The van der Waals surface area contributed by atoms with E-state index in [4.69, 9.17) is 10.5 Å². The number of anilines is 1. The zero-order valence-corrected chi connectivity index (χ0v) is 10.8. The Morgan fingerprint density at radius 3 is 2.83 bits per heavy atom. The van der Waals surface area contributed by atoms with Crippen LogP contribution in [0.3, 0.4) is 0 Å². The first-order valence-corrected chi connectivity index (χ1v) is 5.97. The molecule has 1 aromatic carbocycles. The molecule has 1 amide bonds. The van der Waals surface area contributed by atoms with Gasteiger partial charge in [0.05, 0.1) is 13.2 Å². The Kier molecular flexibility index (Phi) is 5.45. The lowest BCUT2D eigenvalue weighted by atomic mass is 10.1. The van der Waals surface area contributed by atoms with Crippen LogP contribution < -0.4 is 15.8 Å². The highest BCUT2D eigenvalue weighted by atomic mass is 16.5. The number of rotatable bonds is 6. The van der Waals surface area contributed by atoms with E-state index in [1.165, 1.54) is 7.11 Å². The number of hydrogen-bond donors (Lipinski definition) is 3. The van der Waals surface area contributed by atoms with Crippen LogP contribution in [0.1, 0.15) is 30.1 Å². The summed E-state index contributed by atoms with van der Waals surface area (Å²) in [6.45, 7) is 2.22. The minimum atomic E-state index is -0.512. The third-order valence-corrected chi connectivity index (χ3v) is 2.55. The molecule has 5 heteroatoms. The van der Waals surface area contributed by atoms with Crippen LogP contribution in [0.15, 0.2) is 18.2 Å². The molecule has 0 aromatic heterocycles. The van der Waals surface area contributed by atoms with Crippen molar-refractivity contribution < 1.29 is 14.6 Å². The van der Waals surface area contributed by atoms with Gasteiger partial charge in [-0.15, -0.1) is 0 Å². The second kappa shape index (κ2) is 6.86. The van der Waals surface area contributed by atoms with Gasteiger partial charge in [0, 0.05) is 23.9 Å². The molecule has 5 nitrogen and oxygen atoms in total. The van der Waals surface area contributed by atoms with Crippen LogP contribution >= 0.6 is 0 Å². The maximum absolute atomic E-state index is 11.8. The summed E-state index contributed by atoms with van der Waals surface area (Å²) >= 11 is 0. The standard InChI is InChI=1S/C13H20N2O3/c1-3-4-11(16)8-15-13(17)9-5-10(14)7-12(6-9)18-2/h5-7,11,16H,3-4,8,14H2,1-2H3,(H,15,17). The van der Waals surface area contributed by atoms with Crippen LogP contribution in [0.25, 0.3) is 0 Å². The van der Waals surface area contributed by atoms with Crippen LogP contribution in [-0.4, -0.2) is 30.8 Å². The van der Waals surface area contributed by atoms with E-state index in [0.29, 0.717) is 23.4 Å². The Morgan fingerprint density at radius 1 is 1.50 bits per heavy atom. The third-order valence-electron chi connectivity index (χ3n) is 2.55. The number of aliphatic hydroxyl groups is 1. The predicted molar refractivity (Wildman–Crippen MR) is 70.7 cm³/mol. The lowest BCUT2D eigenvalue weighted by Crippen LogP contribution is -2.32. The summed E-state index contributed by atoms with van der Waals surface area (Å²) in [5.74, 6) is 0.269. The average molecular weight is 252 g/mol. The molecular formula is C13H20N2O3. The number of benzene rings is 1. The first-order chi connectivity index (χ1) is 8.56. The zero-order valence-electron chi connectivity index (χ0n) is 10.8. The molecule has 4 N–H and O–H groups in total. The highest BCUT2D eigenvalue weighted by Gasteiger charge is 2.10. The number of amides is 1. The van der Waals surface area contributed by atoms with Gasteiger partial charge in [-0.3, -0.25) is 4.79 Å². The number of carbonyl (C=O) groups excluding carboxylic acids is 1. The zero-order chi connectivity index (χ0) is 13.5. The minimum absolute atomic E-state index is 0.240. The summed E-state index contributed by atoms with van der Waals surface area (Å²) in [5.41, 5.74) is 6.56. The monoisotopic (exact) mass is 252 g/mol. The van der Waals surface area contributed by atoms with Gasteiger partial charge in [0.2, 0.25) is 0 Å². The Bertz CT molecular complexity index is 407. The van der Waals surface area contributed by atoms with Crippen LogP contribution in [0.4, 0.5) is 5.69 Å². The normalized spacial score (nSPS) is 11.9. The number of hydrogen-bond acceptors (Lipinski definition) is 4. The lowest BCUT2D eigenvalue weighted by molar-refractivity contribution is 0.0910. The Balaban J connectivity index is 2.63.